The topological polar surface area (TPSA) is 29.1 Å². The first kappa shape index (κ1) is 14.7. The van der Waals surface area contributed by atoms with Gasteiger partial charge < -0.3 is 5.32 Å². The first-order valence-electron chi connectivity index (χ1n) is 6.56. The largest absolute Gasteiger partial charge is 0.349 e. The lowest BCUT2D eigenvalue weighted by molar-refractivity contribution is 0.0936. The second-order valence-corrected chi connectivity index (χ2v) is 7.21. The van der Waals surface area contributed by atoms with Crippen LogP contribution in [0.3, 0.4) is 0 Å². The van der Waals surface area contributed by atoms with Crippen LogP contribution in [0, 0.1) is 5.41 Å². The van der Waals surface area contributed by atoms with Crippen LogP contribution in [-0.2, 0) is 0 Å². The van der Waals surface area contributed by atoms with E-state index in [-0.39, 0.29) is 11.9 Å². The van der Waals surface area contributed by atoms with Crippen molar-refractivity contribution in [2.75, 3.05) is 6.26 Å². The van der Waals surface area contributed by atoms with Crippen molar-refractivity contribution in [3.63, 3.8) is 0 Å². The first-order valence-corrected chi connectivity index (χ1v) is 8.16. The molecule has 1 unspecified atom stereocenters. The Kier molecular flexibility index (Phi) is 4.46. The highest BCUT2D eigenvalue weighted by atomic mass is 35.5. The van der Waals surface area contributed by atoms with Crippen molar-refractivity contribution < 1.29 is 4.79 Å². The lowest BCUT2D eigenvalue weighted by atomic mass is 9.92. The third-order valence-corrected chi connectivity index (χ3v) is 4.78. The van der Waals surface area contributed by atoms with Gasteiger partial charge in [0, 0.05) is 10.9 Å². The van der Waals surface area contributed by atoms with E-state index >= 15 is 0 Å². The Morgan fingerprint density at radius 2 is 2.21 bits per heavy atom. The van der Waals surface area contributed by atoms with E-state index < -0.39 is 0 Å². The summed E-state index contributed by atoms with van der Waals surface area (Å²) in [6, 6.07) is 5.86. The average Bonchev–Trinajstić information content (AvgIpc) is 2.69. The first-order chi connectivity index (χ1) is 8.91. The third kappa shape index (κ3) is 3.67. The molecule has 104 valence electrons. The Hall–Kier alpha value is -0.670. The summed E-state index contributed by atoms with van der Waals surface area (Å²) in [4.78, 5) is 13.4. The predicted octanol–water partition coefficient (Wildman–Crippen LogP) is 4.37. The van der Waals surface area contributed by atoms with Gasteiger partial charge in [0.25, 0.3) is 5.91 Å². The molecule has 1 N–H and O–H groups in total. The summed E-state index contributed by atoms with van der Waals surface area (Å²) in [5.41, 5.74) is 0.918. The molecule has 19 heavy (non-hydrogen) atoms. The Bertz CT molecular complexity index is 487. The zero-order chi connectivity index (χ0) is 14.0. The van der Waals surface area contributed by atoms with Gasteiger partial charge in [0.05, 0.1) is 10.6 Å². The van der Waals surface area contributed by atoms with Crippen LogP contribution in [0.4, 0.5) is 0 Å². The lowest BCUT2D eigenvalue weighted by Crippen LogP contribution is -2.33. The van der Waals surface area contributed by atoms with E-state index in [0.29, 0.717) is 16.0 Å². The van der Waals surface area contributed by atoms with Crippen molar-refractivity contribution in [2.24, 2.45) is 5.41 Å². The summed E-state index contributed by atoms with van der Waals surface area (Å²) >= 11 is 7.73. The molecule has 1 aromatic rings. The molecule has 2 nitrogen and oxygen atoms in total. The molecule has 0 bridgehead atoms. The number of hydrogen-bond acceptors (Lipinski definition) is 2. The number of hydrogen-bond donors (Lipinski definition) is 1. The van der Waals surface area contributed by atoms with Gasteiger partial charge in [-0.1, -0.05) is 25.4 Å². The van der Waals surface area contributed by atoms with Crippen molar-refractivity contribution in [1.82, 2.24) is 5.32 Å². The molecule has 0 aromatic heterocycles. The van der Waals surface area contributed by atoms with Gasteiger partial charge in [-0.3, -0.25) is 4.79 Å². The van der Waals surface area contributed by atoms with Gasteiger partial charge in [-0.2, -0.15) is 0 Å². The minimum Gasteiger partial charge on any atom is -0.349 e. The Labute approximate surface area is 124 Å². The average molecular weight is 298 g/mol. The maximum absolute atomic E-state index is 12.3. The number of thioether (sulfide) groups is 1. The number of carbonyl (C=O) groups excluding carboxylic acids is 1. The number of carbonyl (C=O) groups is 1. The van der Waals surface area contributed by atoms with Gasteiger partial charge in [0.15, 0.2) is 0 Å². The lowest BCUT2D eigenvalue weighted by Gasteiger charge is -2.18. The van der Waals surface area contributed by atoms with Crippen LogP contribution in [0.1, 0.15) is 43.5 Å². The highest BCUT2D eigenvalue weighted by molar-refractivity contribution is 7.98. The van der Waals surface area contributed by atoms with Crippen LogP contribution >= 0.6 is 23.4 Å². The predicted molar refractivity (Wildman–Crippen MR) is 82.1 cm³/mol. The number of halogens is 1. The van der Waals surface area contributed by atoms with E-state index in [1.54, 1.807) is 17.8 Å². The molecule has 0 radical (unpaired) electrons. The fourth-order valence-electron chi connectivity index (χ4n) is 2.63. The zero-order valence-corrected chi connectivity index (χ0v) is 13.2. The highest BCUT2D eigenvalue weighted by Crippen LogP contribution is 2.37. The Morgan fingerprint density at radius 3 is 2.79 bits per heavy atom. The Balaban J connectivity index is 2.08. The fourth-order valence-corrected chi connectivity index (χ4v) is 3.27. The fraction of sp³-hybridized carbons (Fsp3) is 0.533. The quantitative estimate of drug-likeness (QED) is 0.839. The minimum atomic E-state index is -0.0522. The summed E-state index contributed by atoms with van der Waals surface area (Å²) < 4.78 is 0. The van der Waals surface area contributed by atoms with Crippen LogP contribution in [0.5, 0.6) is 0 Å². The maximum atomic E-state index is 12.3. The molecule has 1 atom stereocenters. The van der Waals surface area contributed by atoms with Gasteiger partial charge in [-0.25, -0.2) is 0 Å². The molecular formula is C15H20ClNOS. The van der Waals surface area contributed by atoms with Crippen LogP contribution in [-0.4, -0.2) is 18.2 Å². The maximum Gasteiger partial charge on any atom is 0.253 e. The van der Waals surface area contributed by atoms with E-state index in [2.05, 4.69) is 19.2 Å². The molecule has 0 heterocycles. The van der Waals surface area contributed by atoms with Gasteiger partial charge in [-0.05, 0) is 49.1 Å². The molecule has 1 aliphatic rings. The molecule has 1 amide bonds. The summed E-state index contributed by atoms with van der Waals surface area (Å²) in [6.07, 6.45) is 5.25. The second kappa shape index (κ2) is 5.76. The summed E-state index contributed by atoms with van der Waals surface area (Å²) in [6.45, 7) is 4.50. The van der Waals surface area contributed by atoms with Gasteiger partial charge in [-0.15, -0.1) is 11.8 Å². The van der Waals surface area contributed by atoms with E-state index in [4.69, 9.17) is 11.6 Å². The molecule has 1 saturated carbocycles. The van der Waals surface area contributed by atoms with Crippen molar-refractivity contribution in [3.8, 4) is 0 Å². The molecule has 1 aliphatic carbocycles. The van der Waals surface area contributed by atoms with Crippen LogP contribution in [0.25, 0.3) is 0 Å². The number of rotatable bonds is 3. The molecule has 2 rings (SSSR count). The van der Waals surface area contributed by atoms with E-state index in [1.165, 1.54) is 0 Å². The summed E-state index contributed by atoms with van der Waals surface area (Å²) in [5, 5.41) is 3.63. The molecule has 0 saturated heterocycles. The van der Waals surface area contributed by atoms with Crippen LogP contribution in [0.2, 0.25) is 5.02 Å². The molecule has 1 aromatic carbocycles. The van der Waals surface area contributed by atoms with E-state index in [0.717, 1.165) is 24.2 Å². The number of amides is 1. The van der Waals surface area contributed by atoms with E-state index in [1.807, 2.05) is 18.4 Å². The molecule has 0 spiro atoms. The van der Waals surface area contributed by atoms with E-state index in [9.17, 15) is 4.79 Å². The van der Waals surface area contributed by atoms with Crippen molar-refractivity contribution in [1.29, 1.82) is 0 Å². The summed E-state index contributed by atoms with van der Waals surface area (Å²) in [7, 11) is 0. The molecule has 0 aliphatic heterocycles. The van der Waals surface area contributed by atoms with Gasteiger partial charge in [0.1, 0.15) is 0 Å². The third-order valence-electron chi connectivity index (χ3n) is 3.72. The molecular weight excluding hydrogens is 278 g/mol. The number of benzene rings is 1. The van der Waals surface area contributed by atoms with Crippen molar-refractivity contribution in [3.05, 3.63) is 28.8 Å². The van der Waals surface area contributed by atoms with Crippen molar-refractivity contribution >= 4 is 29.3 Å². The van der Waals surface area contributed by atoms with Crippen LogP contribution in [0.15, 0.2) is 23.1 Å². The van der Waals surface area contributed by atoms with Crippen molar-refractivity contribution in [2.45, 2.75) is 44.0 Å². The monoisotopic (exact) mass is 297 g/mol. The van der Waals surface area contributed by atoms with Gasteiger partial charge in [0.2, 0.25) is 0 Å². The zero-order valence-electron chi connectivity index (χ0n) is 11.6. The number of nitrogens with one attached hydrogen (secondary N) is 1. The smallest absolute Gasteiger partial charge is 0.253 e. The SMILES string of the molecule is CSc1ccc(Cl)c(C(=O)NC2CCC(C)(C)C2)c1. The highest BCUT2D eigenvalue weighted by Gasteiger charge is 2.32. The molecule has 1 fully saturated rings. The summed E-state index contributed by atoms with van der Waals surface area (Å²) in [5.74, 6) is -0.0522. The normalized spacial score (nSPS) is 21.4. The van der Waals surface area contributed by atoms with Gasteiger partial charge >= 0.3 is 0 Å². The second-order valence-electron chi connectivity index (χ2n) is 5.92. The van der Waals surface area contributed by atoms with Crippen LogP contribution < -0.4 is 5.32 Å². The minimum absolute atomic E-state index is 0.0522. The standard InChI is InChI=1S/C15H20ClNOS/c1-15(2)7-6-10(9-15)17-14(18)12-8-11(19-3)4-5-13(12)16/h4-5,8,10H,6-7,9H2,1-3H3,(H,17,18). The molecule has 4 heteroatoms. The Morgan fingerprint density at radius 1 is 1.47 bits per heavy atom.